The topological polar surface area (TPSA) is 65.0 Å². The second kappa shape index (κ2) is 6.56. The molecule has 26 heavy (non-hydrogen) atoms. The van der Waals surface area contributed by atoms with Crippen molar-refractivity contribution in [1.82, 2.24) is 0 Å². The van der Waals surface area contributed by atoms with Gasteiger partial charge in [-0.15, -0.1) is 0 Å². The Morgan fingerprint density at radius 1 is 1.19 bits per heavy atom. The molecule has 10 heteroatoms. The first kappa shape index (κ1) is 21.3. The summed E-state index contributed by atoms with van der Waals surface area (Å²) in [6.45, 7) is 4.04. The molecule has 2 aliphatic rings. The summed E-state index contributed by atoms with van der Waals surface area (Å²) >= 11 is 0. The molecule has 0 aromatic rings. The molecular formula is C16H23F5O5. The summed E-state index contributed by atoms with van der Waals surface area (Å²) in [6, 6.07) is 0. The van der Waals surface area contributed by atoms with Gasteiger partial charge in [-0.2, -0.15) is 22.0 Å². The van der Waals surface area contributed by atoms with E-state index in [1.54, 1.807) is 20.8 Å². The molecule has 1 aliphatic heterocycles. The zero-order chi connectivity index (χ0) is 20.0. The molecule has 152 valence electrons. The zero-order valence-corrected chi connectivity index (χ0v) is 14.8. The van der Waals surface area contributed by atoms with Crippen LogP contribution in [0.1, 0.15) is 52.9 Å². The lowest BCUT2D eigenvalue weighted by Crippen LogP contribution is -2.74. The number of esters is 1. The molecule has 2 fully saturated rings. The van der Waals surface area contributed by atoms with Crippen molar-refractivity contribution in [2.24, 2.45) is 5.41 Å². The van der Waals surface area contributed by atoms with Gasteiger partial charge in [0.25, 0.3) is 0 Å². The Bertz CT molecular complexity index is 540. The van der Waals surface area contributed by atoms with Gasteiger partial charge in [-0.05, 0) is 46.0 Å². The summed E-state index contributed by atoms with van der Waals surface area (Å²) in [6.07, 6.45) is -7.09. The SMILES string of the molecule is CCC(C)(C)C(=O)OC1CCC2(CC1)OCOC(O)(C(F)(F)F)C2(F)F. The van der Waals surface area contributed by atoms with Crippen LogP contribution in [-0.2, 0) is 19.0 Å². The minimum atomic E-state index is -5.69. The Morgan fingerprint density at radius 3 is 2.19 bits per heavy atom. The molecule has 1 heterocycles. The third kappa shape index (κ3) is 3.20. The Hall–Kier alpha value is -1.00. The van der Waals surface area contributed by atoms with Crippen LogP contribution >= 0.6 is 0 Å². The Labute approximate surface area is 147 Å². The third-order valence-electron chi connectivity index (χ3n) is 5.44. The maximum atomic E-state index is 14.6. The predicted octanol–water partition coefficient (Wildman–Crippen LogP) is 3.54. The number of carbonyl (C=O) groups excluding carboxylic acids is 1. The van der Waals surface area contributed by atoms with Crippen LogP contribution in [0.15, 0.2) is 0 Å². The number of carbonyl (C=O) groups is 1. The van der Waals surface area contributed by atoms with E-state index in [1.165, 1.54) is 0 Å². The maximum absolute atomic E-state index is 14.6. The van der Waals surface area contributed by atoms with Gasteiger partial charge in [0.15, 0.2) is 6.79 Å². The first-order chi connectivity index (χ1) is 11.7. The van der Waals surface area contributed by atoms with E-state index in [0.717, 1.165) is 0 Å². The minimum Gasteiger partial charge on any atom is -0.462 e. The number of rotatable bonds is 3. The molecule has 1 N–H and O–H groups in total. The van der Waals surface area contributed by atoms with Gasteiger partial charge in [-0.1, -0.05) is 6.92 Å². The monoisotopic (exact) mass is 390 g/mol. The highest BCUT2D eigenvalue weighted by Crippen LogP contribution is 2.56. The van der Waals surface area contributed by atoms with Crippen LogP contribution < -0.4 is 0 Å². The molecule has 1 aliphatic carbocycles. The number of halogens is 5. The van der Waals surface area contributed by atoms with Crippen LogP contribution in [0.3, 0.4) is 0 Å². The van der Waals surface area contributed by atoms with E-state index in [0.29, 0.717) is 6.42 Å². The number of ether oxygens (including phenoxy) is 3. The summed E-state index contributed by atoms with van der Waals surface area (Å²) in [5.74, 6) is -9.83. The van der Waals surface area contributed by atoms with Crippen LogP contribution in [0.5, 0.6) is 0 Å². The Morgan fingerprint density at radius 2 is 1.73 bits per heavy atom. The first-order valence-electron chi connectivity index (χ1n) is 8.38. The second-order valence-corrected chi connectivity index (χ2v) is 7.46. The summed E-state index contributed by atoms with van der Waals surface area (Å²) in [4.78, 5) is 12.1. The average Bonchev–Trinajstić information content (AvgIpc) is 2.53. The van der Waals surface area contributed by atoms with Crippen LogP contribution in [0.2, 0.25) is 0 Å². The quantitative estimate of drug-likeness (QED) is 0.590. The number of alkyl halides is 5. The van der Waals surface area contributed by atoms with Crippen LogP contribution in [-0.4, -0.2) is 47.5 Å². The lowest BCUT2D eigenvalue weighted by molar-refractivity contribution is -0.504. The fourth-order valence-electron chi connectivity index (χ4n) is 3.07. The number of hydrogen-bond acceptors (Lipinski definition) is 5. The fraction of sp³-hybridized carbons (Fsp3) is 0.938. The van der Waals surface area contributed by atoms with E-state index in [4.69, 9.17) is 9.47 Å². The van der Waals surface area contributed by atoms with Gasteiger partial charge in [-0.25, -0.2) is 0 Å². The highest BCUT2D eigenvalue weighted by atomic mass is 19.4. The van der Waals surface area contributed by atoms with Crippen LogP contribution in [0.25, 0.3) is 0 Å². The second-order valence-electron chi connectivity index (χ2n) is 7.46. The Kier molecular flexibility index (Phi) is 5.37. The van der Waals surface area contributed by atoms with Gasteiger partial charge < -0.3 is 19.3 Å². The fourth-order valence-corrected chi connectivity index (χ4v) is 3.07. The molecule has 0 amide bonds. The van der Waals surface area contributed by atoms with E-state index >= 15 is 0 Å². The average molecular weight is 390 g/mol. The lowest BCUT2D eigenvalue weighted by atomic mass is 9.75. The highest BCUT2D eigenvalue weighted by Gasteiger charge is 2.80. The molecule has 1 spiro atoms. The minimum absolute atomic E-state index is 0.102. The number of aliphatic hydroxyl groups is 1. The van der Waals surface area contributed by atoms with Crippen molar-refractivity contribution in [3.05, 3.63) is 0 Å². The van der Waals surface area contributed by atoms with E-state index in [9.17, 15) is 31.9 Å². The van der Waals surface area contributed by atoms with Gasteiger partial charge >= 0.3 is 23.9 Å². The van der Waals surface area contributed by atoms with Gasteiger partial charge in [0, 0.05) is 0 Å². The lowest BCUT2D eigenvalue weighted by Gasteiger charge is -2.52. The molecule has 0 aromatic carbocycles. The molecule has 0 aromatic heterocycles. The largest absolute Gasteiger partial charge is 0.462 e. The first-order valence-corrected chi connectivity index (χ1v) is 8.38. The molecule has 0 bridgehead atoms. The van der Waals surface area contributed by atoms with Gasteiger partial charge in [0.2, 0.25) is 0 Å². The predicted molar refractivity (Wildman–Crippen MR) is 78.1 cm³/mol. The molecule has 1 saturated carbocycles. The molecular weight excluding hydrogens is 367 g/mol. The summed E-state index contributed by atoms with van der Waals surface area (Å²) < 4.78 is 82.3. The molecule has 0 radical (unpaired) electrons. The third-order valence-corrected chi connectivity index (χ3v) is 5.44. The van der Waals surface area contributed by atoms with Crippen molar-refractivity contribution in [2.75, 3.05) is 6.79 Å². The standard InChI is InChI=1S/C16H23F5O5/c1-4-12(2,3)11(22)26-10-5-7-13(8-6-10)14(17,18)15(23,16(19,20)21)25-9-24-13/h10,23H,4-9H2,1-3H3. The van der Waals surface area contributed by atoms with Crippen molar-refractivity contribution < 1.29 is 46.1 Å². The molecule has 1 unspecified atom stereocenters. The molecule has 1 atom stereocenters. The van der Waals surface area contributed by atoms with Gasteiger partial charge in [-0.3, -0.25) is 4.79 Å². The van der Waals surface area contributed by atoms with E-state index < -0.39 is 60.6 Å². The Balaban J connectivity index is 2.13. The van der Waals surface area contributed by atoms with Crippen LogP contribution in [0, 0.1) is 5.41 Å². The van der Waals surface area contributed by atoms with Crippen LogP contribution in [0.4, 0.5) is 22.0 Å². The zero-order valence-electron chi connectivity index (χ0n) is 14.8. The van der Waals surface area contributed by atoms with Gasteiger partial charge in [0.05, 0.1) is 5.41 Å². The van der Waals surface area contributed by atoms with Crippen molar-refractivity contribution >= 4 is 5.97 Å². The van der Waals surface area contributed by atoms with E-state index in [1.807, 2.05) is 0 Å². The van der Waals surface area contributed by atoms with Crippen molar-refractivity contribution in [1.29, 1.82) is 0 Å². The van der Waals surface area contributed by atoms with Crippen molar-refractivity contribution in [2.45, 2.75) is 82.5 Å². The van der Waals surface area contributed by atoms with Crippen molar-refractivity contribution in [3.8, 4) is 0 Å². The van der Waals surface area contributed by atoms with Crippen molar-refractivity contribution in [3.63, 3.8) is 0 Å². The highest BCUT2D eigenvalue weighted by molar-refractivity contribution is 5.76. The normalized spacial score (nSPS) is 35.3. The summed E-state index contributed by atoms with van der Waals surface area (Å²) in [5, 5.41) is 9.54. The summed E-state index contributed by atoms with van der Waals surface area (Å²) in [7, 11) is 0. The molecule has 5 nitrogen and oxygen atoms in total. The number of hydrogen-bond donors (Lipinski definition) is 1. The smallest absolute Gasteiger partial charge is 0.449 e. The van der Waals surface area contributed by atoms with Gasteiger partial charge in [0.1, 0.15) is 11.7 Å². The molecule has 2 rings (SSSR count). The summed E-state index contributed by atoms with van der Waals surface area (Å²) in [5.41, 5.74) is -3.27. The van der Waals surface area contributed by atoms with E-state index in [-0.39, 0.29) is 12.8 Å². The maximum Gasteiger partial charge on any atom is 0.449 e. The molecule has 1 saturated heterocycles. The van der Waals surface area contributed by atoms with E-state index in [2.05, 4.69) is 4.74 Å².